The monoisotopic (exact) mass is 305 g/mol. The molecule has 5 nitrogen and oxygen atoms in total. The van der Waals surface area contributed by atoms with Crippen LogP contribution in [0.2, 0.25) is 0 Å². The number of aromatic nitrogens is 1. The minimum absolute atomic E-state index is 0.0111. The van der Waals surface area contributed by atoms with Crippen LogP contribution in [0.4, 0.5) is 11.4 Å². The van der Waals surface area contributed by atoms with Gasteiger partial charge in [0.1, 0.15) is 4.90 Å². The lowest BCUT2D eigenvalue weighted by atomic mass is 9.99. The number of para-hydroxylation sites is 1. The van der Waals surface area contributed by atoms with Gasteiger partial charge in [0.05, 0.1) is 11.4 Å². The number of nitrogens with two attached hydrogens (primary N) is 1. The highest BCUT2D eigenvalue weighted by Gasteiger charge is 2.20. The highest BCUT2D eigenvalue weighted by atomic mass is 32.2. The Balaban J connectivity index is 2.50. The molecule has 0 atom stereocenters. The molecule has 0 amide bonds. The molecule has 0 aliphatic heterocycles. The molecule has 112 valence electrons. The van der Waals surface area contributed by atoms with Gasteiger partial charge in [-0.15, -0.1) is 0 Å². The summed E-state index contributed by atoms with van der Waals surface area (Å²) in [6.45, 7) is 5.91. The summed E-state index contributed by atoms with van der Waals surface area (Å²) >= 11 is 0. The number of nitrogens with one attached hydrogen (secondary N) is 1. The third kappa shape index (κ3) is 3.16. The van der Waals surface area contributed by atoms with Crippen LogP contribution in [0.5, 0.6) is 0 Å². The van der Waals surface area contributed by atoms with Crippen molar-refractivity contribution in [2.45, 2.75) is 31.6 Å². The molecule has 21 heavy (non-hydrogen) atoms. The second-order valence-electron chi connectivity index (χ2n) is 5.21. The van der Waals surface area contributed by atoms with Gasteiger partial charge in [0.15, 0.2) is 0 Å². The number of aryl methyl sites for hydroxylation is 1. The van der Waals surface area contributed by atoms with Crippen molar-refractivity contribution >= 4 is 21.4 Å². The maximum absolute atomic E-state index is 12.5. The van der Waals surface area contributed by atoms with Gasteiger partial charge in [-0.1, -0.05) is 32.0 Å². The fourth-order valence-electron chi connectivity index (χ4n) is 2.12. The Bertz CT molecular complexity index is 755. The molecule has 1 aromatic carbocycles. The van der Waals surface area contributed by atoms with E-state index in [-0.39, 0.29) is 16.5 Å². The Kier molecular flexibility index (Phi) is 4.18. The summed E-state index contributed by atoms with van der Waals surface area (Å²) in [5.41, 5.74) is 8.34. The molecular weight excluding hydrogens is 286 g/mol. The minimum atomic E-state index is -3.76. The van der Waals surface area contributed by atoms with E-state index in [4.69, 9.17) is 5.73 Å². The second-order valence-corrected chi connectivity index (χ2v) is 6.86. The maximum atomic E-state index is 12.5. The first-order chi connectivity index (χ1) is 9.83. The van der Waals surface area contributed by atoms with Crippen LogP contribution in [0.1, 0.15) is 30.9 Å². The van der Waals surface area contributed by atoms with E-state index in [0.717, 1.165) is 11.1 Å². The highest BCUT2D eigenvalue weighted by molar-refractivity contribution is 7.92. The molecule has 0 radical (unpaired) electrons. The minimum Gasteiger partial charge on any atom is -0.398 e. The predicted molar refractivity (Wildman–Crippen MR) is 84.7 cm³/mol. The summed E-state index contributed by atoms with van der Waals surface area (Å²) in [4.78, 5) is 3.82. The van der Waals surface area contributed by atoms with Gasteiger partial charge in [-0.05, 0) is 30.0 Å². The van der Waals surface area contributed by atoms with Gasteiger partial charge in [0.25, 0.3) is 10.0 Å². The fourth-order valence-corrected chi connectivity index (χ4v) is 3.35. The van der Waals surface area contributed by atoms with Crippen molar-refractivity contribution in [3.05, 3.63) is 47.8 Å². The fraction of sp³-hybridized carbons (Fsp3) is 0.267. The number of anilines is 2. The first kappa shape index (κ1) is 15.3. The van der Waals surface area contributed by atoms with Crippen LogP contribution < -0.4 is 10.5 Å². The quantitative estimate of drug-likeness (QED) is 0.909. The number of sulfonamides is 1. The molecule has 3 N–H and O–H groups in total. The molecule has 2 aromatic rings. The maximum Gasteiger partial charge on any atom is 0.265 e. The molecule has 1 aromatic heterocycles. The first-order valence-electron chi connectivity index (χ1n) is 6.64. The summed E-state index contributed by atoms with van der Waals surface area (Å²) < 4.78 is 27.7. The van der Waals surface area contributed by atoms with Crippen LogP contribution in [-0.2, 0) is 10.0 Å². The molecule has 0 saturated carbocycles. The predicted octanol–water partition coefficient (Wildman–Crippen LogP) is 2.90. The third-order valence-corrected chi connectivity index (χ3v) is 4.66. The molecule has 0 aliphatic carbocycles. The lowest BCUT2D eigenvalue weighted by Gasteiger charge is -2.17. The van der Waals surface area contributed by atoms with Crippen molar-refractivity contribution in [2.24, 2.45) is 0 Å². The highest BCUT2D eigenvalue weighted by Crippen LogP contribution is 2.30. The van der Waals surface area contributed by atoms with E-state index in [1.165, 1.54) is 18.5 Å². The summed E-state index contributed by atoms with van der Waals surface area (Å²) in [5.74, 6) is 0.203. The van der Waals surface area contributed by atoms with Crippen LogP contribution in [-0.4, -0.2) is 13.4 Å². The zero-order valence-corrected chi connectivity index (χ0v) is 13.1. The van der Waals surface area contributed by atoms with Crippen molar-refractivity contribution in [1.82, 2.24) is 4.98 Å². The largest absolute Gasteiger partial charge is 0.398 e. The Morgan fingerprint density at radius 1 is 1.24 bits per heavy atom. The Morgan fingerprint density at radius 2 is 1.95 bits per heavy atom. The van der Waals surface area contributed by atoms with E-state index in [2.05, 4.69) is 9.71 Å². The van der Waals surface area contributed by atoms with Crippen molar-refractivity contribution in [1.29, 1.82) is 0 Å². The third-order valence-electron chi connectivity index (χ3n) is 3.27. The molecule has 1 heterocycles. The molecule has 0 bridgehead atoms. The van der Waals surface area contributed by atoms with Gasteiger partial charge >= 0.3 is 0 Å². The van der Waals surface area contributed by atoms with Gasteiger partial charge in [-0.25, -0.2) is 8.42 Å². The molecule has 0 fully saturated rings. The van der Waals surface area contributed by atoms with Crippen LogP contribution >= 0.6 is 0 Å². The number of benzene rings is 1. The molecule has 6 heteroatoms. The lowest BCUT2D eigenvalue weighted by molar-refractivity contribution is 0.601. The smallest absolute Gasteiger partial charge is 0.265 e. The number of hydrogen-bond acceptors (Lipinski definition) is 4. The summed E-state index contributed by atoms with van der Waals surface area (Å²) in [7, 11) is -3.76. The zero-order chi connectivity index (χ0) is 15.6. The number of nitrogen functional groups attached to an aromatic ring is 1. The SMILES string of the molecule is Cc1cccc(C(C)C)c1NS(=O)(=O)c1cnccc1N. The first-order valence-corrected chi connectivity index (χ1v) is 8.13. The topological polar surface area (TPSA) is 85.1 Å². The Labute approximate surface area is 125 Å². The number of hydrogen-bond donors (Lipinski definition) is 2. The summed E-state index contributed by atoms with van der Waals surface area (Å²) in [5, 5.41) is 0. The molecule has 2 rings (SSSR count). The Morgan fingerprint density at radius 3 is 2.57 bits per heavy atom. The van der Waals surface area contributed by atoms with Gasteiger partial charge in [-0.3, -0.25) is 9.71 Å². The average molecular weight is 305 g/mol. The van der Waals surface area contributed by atoms with E-state index in [9.17, 15) is 8.42 Å². The molecule has 0 aliphatic rings. The van der Waals surface area contributed by atoms with Crippen LogP contribution in [0.25, 0.3) is 0 Å². The molecule has 0 saturated heterocycles. The lowest BCUT2D eigenvalue weighted by Crippen LogP contribution is -2.17. The van der Waals surface area contributed by atoms with Gasteiger partial charge < -0.3 is 5.73 Å². The van der Waals surface area contributed by atoms with Gasteiger partial charge in [0, 0.05) is 12.4 Å². The molecule has 0 spiro atoms. The number of nitrogens with zero attached hydrogens (tertiary/aromatic N) is 1. The van der Waals surface area contributed by atoms with E-state index in [1.807, 2.05) is 39.0 Å². The second kappa shape index (κ2) is 5.73. The summed E-state index contributed by atoms with van der Waals surface area (Å²) in [6.07, 6.45) is 2.71. The van der Waals surface area contributed by atoms with E-state index < -0.39 is 10.0 Å². The number of rotatable bonds is 4. The van der Waals surface area contributed by atoms with Gasteiger partial charge in [0.2, 0.25) is 0 Å². The van der Waals surface area contributed by atoms with E-state index in [0.29, 0.717) is 5.69 Å². The van der Waals surface area contributed by atoms with Crippen LogP contribution in [0.15, 0.2) is 41.6 Å². The van der Waals surface area contributed by atoms with Crippen molar-refractivity contribution in [3.63, 3.8) is 0 Å². The van der Waals surface area contributed by atoms with Crippen LogP contribution in [0, 0.1) is 6.92 Å². The Hall–Kier alpha value is -2.08. The van der Waals surface area contributed by atoms with Gasteiger partial charge in [-0.2, -0.15) is 0 Å². The van der Waals surface area contributed by atoms with Crippen molar-refractivity contribution < 1.29 is 8.42 Å². The van der Waals surface area contributed by atoms with Crippen LogP contribution in [0.3, 0.4) is 0 Å². The van der Waals surface area contributed by atoms with E-state index >= 15 is 0 Å². The summed E-state index contributed by atoms with van der Waals surface area (Å²) in [6, 6.07) is 7.18. The van der Waals surface area contributed by atoms with E-state index in [1.54, 1.807) is 0 Å². The normalized spacial score (nSPS) is 11.6. The van der Waals surface area contributed by atoms with Crippen molar-refractivity contribution in [2.75, 3.05) is 10.5 Å². The number of pyridine rings is 1. The zero-order valence-electron chi connectivity index (χ0n) is 12.3. The molecular formula is C15H19N3O2S. The standard InChI is InChI=1S/C15H19N3O2S/c1-10(2)12-6-4-5-11(3)15(12)18-21(19,20)14-9-17-8-7-13(14)16/h4-10,18H,1-3H3,(H2,16,17). The van der Waals surface area contributed by atoms with Crippen molar-refractivity contribution in [3.8, 4) is 0 Å². The molecule has 0 unspecified atom stereocenters. The average Bonchev–Trinajstić information content (AvgIpc) is 2.41.